The first-order valence-electron chi connectivity index (χ1n) is 3.90. The van der Waals surface area contributed by atoms with Gasteiger partial charge in [-0.15, -0.1) is 0 Å². The first-order valence-corrected chi connectivity index (χ1v) is 4.77. The highest BCUT2D eigenvalue weighted by Gasteiger charge is 2.17. The zero-order valence-corrected chi connectivity index (χ0v) is 9.35. The number of methoxy groups -OCH3 is 1. The van der Waals surface area contributed by atoms with E-state index in [0.29, 0.717) is 6.42 Å². The van der Waals surface area contributed by atoms with Crippen molar-refractivity contribution in [1.82, 2.24) is 5.32 Å². The van der Waals surface area contributed by atoms with Crippen molar-refractivity contribution >= 4 is 35.1 Å². The average molecular weight is 240 g/mol. The molecule has 0 radical (unpaired) electrons. The van der Waals surface area contributed by atoms with Crippen LogP contribution in [-0.4, -0.2) is 23.8 Å². The summed E-state index contributed by atoms with van der Waals surface area (Å²) in [5.41, 5.74) is 0.0475. The summed E-state index contributed by atoms with van der Waals surface area (Å²) in [6, 6.07) is 0. The third kappa shape index (κ3) is 4.48. The van der Waals surface area contributed by atoms with Gasteiger partial charge in [0.1, 0.15) is 5.70 Å². The largest absolute Gasteiger partial charge is 0.464 e. The van der Waals surface area contributed by atoms with Gasteiger partial charge in [-0.3, -0.25) is 4.79 Å². The number of carbonyl (C=O) groups excluding carboxylic acids is 2. The number of allylic oxidation sites excluding steroid dienone is 1. The fourth-order valence-electron chi connectivity index (χ4n) is 0.687. The molecule has 0 atom stereocenters. The molecule has 4 nitrogen and oxygen atoms in total. The minimum atomic E-state index is -1.21. The number of hydrogen-bond donors (Lipinski definition) is 1. The van der Waals surface area contributed by atoms with Gasteiger partial charge in [0.15, 0.2) is 4.84 Å². The number of nitrogens with one attached hydrogen (secondary N) is 1. The van der Waals surface area contributed by atoms with Crippen molar-refractivity contribution in [3.8, 4) is 0 Å². The van der Waals surface area contributed by atoms with Gasteiger partial charge in [0.05, 0.1) is 7.11 Å². The highest BCUT2D eigenvalue weighted by Crippen LogP contribution is 2.03. The first kappa shape index (κ1) is 13.3. The van der Waals surface area contributed by atoms with Gasteiger partial charge < -0.3 is 10.1 Å². The third-order valence-electron chi connectivity index (χ3n) is 1.27. The Morgan fingerprint density at radius 3 is 2.43 bits per heavy atom. The quantitative estimate of drug-likeness (QED) is 0.458. The monoisotopic (exact) mass is 239 g/mol. The van der Waals surface area contributed by atoms with E-state index >= 15 is 0 Å². The van der Waals surface area contributed by atoms with Crippen LogP contribution in [0.3, 0.4) is 0 Å². The molecule has 0 rings (SSSR count). The molecular formula is C8H11Cl2NO3. The Kier molecular flexibility index (Phi) is 6.32. The van der Waals surface area contributed by atoms with Crippen molar-refractivity contribution in [2.24, 2.45) is 0 Å². The van der Waals surface area contributed by atoms with E-state index in [1.54, 1.807) is 0 Å². The molecule has 0 saturated carbocycles. The van der Waals surface area contributed by atoms with Crippen molar-refractivity contribution in [2.45, 2.75) is 18.2 Å². The highest BCUT2D eigenvalue weighted by molar-refractivity contribution is 6.53. The van der Waals surface area contributed by atoms with E-state index in [1.807, 2.05) is 6.92 Å². The lowest BCUT2D eigenvalue weighted by Crippen LogP contribution is -2.31. The summed E-state index contributed by atoms with van der Waals surface area (Å²) in [5, 5.41) is 2.25. The van der Waals surface area contributed by atoms with E-state index < -0.39 is 16.7 Å². The number of amides is 1. The van der Waals surface area contributed by atoms with Crippen LogP contribution in [0, 0.1) is 0 Å². The number of alkyl halides is 2. The first-order chi connectivity index (χ1) is 6.52. The average Bonchev–Trinajstić information content (AvgIpc) is 2.15. The van der Waals surface area contributed by atoms with Crippen molar-refractivity contribution in [3.05, 3.63) is 11.8 Å². The van der Waals surface area contributed by atoms with E-state index in [2.05, 4.69) is 10.1 Å². The Bertz CT molecular complexity index is 251. The lowest BCUT2D eigenvalue weighted by molar-refractivity contribution is -0.137. The molecular weight excluding hydrogens is 229 g/mol. The molecule has 0 heterocycles. The number of hydrogen-bond acceptors (Lipinski definition) is 3. The summed E-state index contributed by atoms with van der Waals surface area (Å²) in [7, 11) is 1.22. The molecule has 0 aromatic rings. The van der Waals surface area contributed by atoms with Crippen LogP contribution in [0.1, 0.15) is 13.3 Å². The summed E-state index contributed by atoms with van der Waals surface area (Å²) in [6.07, 6.45) is 2.10. The van der Waals surface area contributed by atoms with Gasteiger partial charge >= 0.3 is 5.97 Å². The minimum Gasteiger partial charge on any atom is -0.464 e. The van der Waals surface area contributed by atoms with Gasteiger partial charge in [-0.25, -0.2) is 4.79 Å². The maximum absolute atomic E-state index is 11.1. The molecule has 0 aromatic heterocycles. The Balaban J connectivity index is 4.47. The van der Waals surface area contributed by atoms with Crippen molar-refractivity contribution in [2.75, 3.05) is 7.11 Å². The molecule has 0 aliphatic heterocycles. The highest BCUT2D eigenvalue weighted by atomic mass is 35.5. The molecule has 80 valence electrons. The zero-order valence-electron chi connectivity index (χ0n) is 7.84. The molecule has 1 amide bonds. The molecule has 6 heteroatoms. The lowest BCUT2D eigenvalue weighted by Gasteiger charge is -2.07. The predicted molar refractivity (Wildman–Crippen MR) is 54.0 cm³/mol. The van der Waals surface area contributed by atoms with Gasteiger partial charge in [0.2, 0.25) is 0 Å². The van der Waals surface area contributed by atoms with Gasteiger partial charge in [-0.2, -0.15) is 0 Å². The third-order valence-corrected chi connectivity index (χ3v) is 1.67. The second kappa shape index (κ2) is 6.68. The van der Waals surface area contributed by atoms with E-state index in [1.165, 1.54) is 13.2 Å². The van der Waals surface area contributed by atoms with Crippen molar-refractivity contribution < 1.29 is 14.3 Å². The van der Waals surface area contributed by atoms with Crippen LogP contribution in [0.5, 0.6) is 0 Å². The Labute approximate surface area is 92.2 Å². The number of halogens is 2. The number of rotatable bonds is 4. The Morgan fingerprint density at radius 2 is 2.07 bits per heavy atom. The number of carbonyl (C=O) groups is 2. The van der Waals surface area contributed by atoms with E-state index in [4.69, 9.17) is 23.2 Å². The molecule has 0 saturated heterocycles. The SMILES string of the molecule is CC/C=C(\NC(=O)C(Cl)Cl)C(=O)OC. The van der Waals surface area contributed by atoms with E-state index in [-0.39, 0.29) is 5.70 Å². The Morgan fingerprint density at radius 1 is 1.50 bits per heavy atom. The topological polar surface area (TPSA) is 55.4 Å². The van der Waals surface area contributed by atoms with Crippen LogP contribution in [0.25, 0.3) is 0 Å². The van der Waals surface area contributed by atoms with Gasteiger partial charge in [-0.05, 0) is 6.42 Å². The minimum absolute atomic E-state index is 0.0475. The number of ether oxygens (including phenoxy) is 1. The molecule has 0 fully saturated rings. The molecule has 1 N–H and O–H groups in total. The van der Waals surface area contributed by atoms with Crippen molar-refractivity contribution in [1.29, 1.82) is 0 Å². The summed E-state index contributed by atoms with van der Waals surface area (Å²) in [5.74, 6) is -1.28. The lowest BCUT2D eigenvalue weighted by atomic mass is 10.3. The molecule has 0 spiro atoms. The maximum atomic E-state index is 11.1. The summed E-state index contributed by atoms with van der Waals surface area (Å²) in [6.45, 7) is 1.81. The normalized spacial score (nSPS) is 11.4. The second-order valence-corrected chi connectivity index (χ2v) is 3.40. The predicted octanol–water partition coefficient (Wildman–Crippen LogP) is 1.37. The molecule has 0 aromatic carbocycles. The van der Waals surface area contributed by atoms with Crippen LogP contribution in [0.2, 0.25) is 0 Å². The van der Waals surface area contributed by atoms with E-state index in [9.17, 15) is 9.59 Å². The van der Waals surface area contributed by atoms with Crippen LogP contribution >= 0.6 is 23.2 Å². The summed E-state index contributed by atoms with van der Waals surface area (Å²) < 4.78 is 4.44. The molecule has 0 aliphatic rings. The zero-order chi connectivity index (χ0) is 11.1. The van der Waals surface area contributed by atoms with Gasteiger partial charge in [0.25, 0.3) is 5.91 Å². The molecule has 0 aliphatic carbocycles. The van der Waals surface area contributed by atoms with Crippen molar-refractivity contribution in [3.63, 3.8) is 0 Å². The molecule has 0 bridgehead atoms. The fraction of sp³-hybridized carbons (Fsp3) is 0.500. The van der Waals surface area contributed by atoms with Gasteiger partial charge in [-0.1, -0.05) is 36.2 Å². The smallest absolute Gasteiger partial charge is 0.354 e. The fourth-order valence-corrected chi connectivity index (χ4v) is 0.796. The number of esters is 1. The molecule has 0 unspecified atom stereocenters. The van der Waals surface area contributed by atoms with Crippen LogP contribution in [0.15, 0.2) is 11.8 Å². The molecule has 14 heavy (non-hydrogen) atoms. The second-order valence-electron chi connectivity index (χ2n) is 2.31. The van der Waals surface area contributed by atoms with Gasteiger partial charge in [0, 0.05) is 0 Å². The van der Waals surface area contributed by atoms with Crippen LogP contribution in [0.4, 0.5) is 0 Å². The maximum Gasteiger partial charge on any atom is 0.354 e. The van der Waals surface area contributed by atoms with Crippen LogP contribution < -0.4 is 5.32 Å². The summed E-state index contributed by atoms with van der Waals surface area (Å²) in [4.78, 5) is 20.9. The van der Waals surface area contributed by atoms with Crippen LogP contribution in [-0.2, 0) is 14.3 Å². The summed E-state index contributed by atoms with van der Waals surface area (Å²) >= 11 is 10.6. The standard InChI is InChI=1S/C8H11Cl2NO3/c1-3-4-5(8(13)14-2)11-7(12)6(9)10/h4,6H,3H2,1-2H3,(H,11,12)/b5-4-. The van der Waals surface area contributed by atoms with E-state index in [0.717, 1.165) is 0 Å². The Hall–Kier alpha value is -0.740.